The summed E-state index contributed by atoms with van der Waals surface area (Å²) in [5.74, 6) is 0. The van der Waals surface area contributed by atoms with E-state index in [2.05, 4.69) is 90.8 Å². The maximum absolute atomic E-state index is 4.93. The van der Waals surface area contributed by atoms with Crippen molar-refractivity contribution in [3.63, 3.8) is 0 Å². The average Bonchev–Trinajstić information content (AvgIpc) is 3.29. The van der Waals surface area contributed by atoms with E-state index in [9.17, 15) is 0 Å². The number of hydrogen-bond donors (Lipinski definition) is 0. The van der Waals surface area contributed by atoms with Gasteiger partial charge < -0.3 is 0 Å². The quantitative estimate of drug-likeness (QED) is 0.488. The number of benzene rings is 2. The van der Waals surface area contributed by atoms with Crippen LogP contribution < -0.4 is 0 Å². The van der Waals surface area contributed by atoms with Crippen LogP contribution in [0.2, 0.25) is 0 Å². The van der Waals surface area contributed by atoms with Gasteiger partial charge in [-0.2, -0.15) is 5.10 Å². The number of aromatic nitrogens is 4. The Bertz CT molecular complexity index is 1110. The third-order valence-corrected chi connectivity index (χ3v) is 4.99. The molecule has 0 bridgehead atoms. The third kappa shape index (κ3) is 4.27. The summed E-state index contributed by atoms with van der Waals surface area (Å²) in [6.45, 7) is 7.51. The van der Waals surface area contributed by atoms with Crippen LogP contribution in [0, 0.1) is 20.8 Å². The summed E-state index contributed by atoms with van der Waals surface area (Å²) in [5.41, 5.74) is 8.46. The molecule has 0 fully saturated rings. The zero-order valence-corrected chi connectivity index (χ0v) is 17.3. The van der Waals surface area contributed by atoms with Crippen LogP contribution in [0.15, 0.2) is 59.4 Å². The minimum Gasteiger partial charge on any atom is -0.296 e. The van der Waals surface area contributed by atoms with Gasteiger partial charge in [0.25, 0.3) is 0 Å². The molecule has 2 heterocycles. The van der Waals surface area contributed by atoms with E-state index in [1.165, 1.54) is 11.1 Å². The maximum Gasteiger partial charge on any atom is 0.122 e. The van der Waals surface area contributed by atoms with Gasteiger partial charge in [0.05, 0.1) is 11.4 Å². The van der Waals surface area contributed by atoms with Crippen molar-refractivity contribution in [2.75, 3.05) is 7.05 Å². The van der Waals surface area contributed by atoms with Gasteiger partial charge in [0.15, 0.2) is 0 Å². The second-order valence-electron chi connectivity index (χ2n) is 7.62. The summed E-state index contributed by atoms with van der Waals surface area (Å²) in [7, 11) is 2.07. The molecule has 2 aromatic carbocycles. The van der Waals surface area contributed by atoms with Crippen molar-refractivity contribution >= 4 is 0 Å². The van der Waals surface area contributed by atoms with Crippen molar-refractivity contribution in [1.29, 1.82) is 0 Å². The molecule has 2 aromatic heterocycles. The molecular weight excluding hydrogens is 362 g/mol. The van der Waals surface area contributed by atoms with E-state index in [1.54, 1.807) is 0 Å². The summed E-state index contributed by atoms with van der Waals surface area (Å²) in [4.78, 5) is 2.20. The second-order valence-corrected chi connectivity index (χ2v) is 7.62. The first-order chi connectivity index (χ1) is 14.0. The summed E-state index contributed by atoms with van der Waals surface area (Å²) >= 11 is 0. The molecule has 0 aliphatic rings. The molecule has 0 radical (unpaired) electrons. The molecule has 0 saturated carbocycles. The molecular formula is C23H25N5O. The SMILES string of the molecule is Cc1ccc(-n2cc(CN(C)Cc3nonc3C)c(-c3cccc(C)c3)n2)cc1. The molecule has 0 aliphatic carbocycles. The Kier molecular flexibility index (Phi) is 5.27. The highest BCUT2D eigenvalue weighted by atomic mass is 16.6. The number of aryl methyl sites for hydroxylation is 3. The van der Waals surface area contributed by atoms with Crippen LogP contribution >= 0.6 is 0 Å². The fourth-order valence-corrected chi connectivity index (χ4v) is 3.39. The van der Waals surface area contributed by atoms with Gasteiger partial charge in [-0.15, -0.1) is 0 Å². The highest BCUT2D eigenvalue weighted by molar-refractivity contribution is 5.64. The average molecular weight is 387 g/mol. The van der Waals surface area contributed by atoms with Crippen LogP contribution in [0.4, 0.5) is 0 Å². The van der Waals surface area contributed by atoms with Crippen LogP contribution in [0.1, 0.15) is 28.1 Å². The Hall–Kier alpha value is -3.25. The summed E-state index contributed by atoms with van der Waals surface area (Å²) in [6.07, 6.45) is 2.12. The van der Waals surface area contributed by atoms with Crippen molar-refractivity contribution in [3.05, 3.63) is 82.8 Å². The minimum absolute atomic E-state index is 0.665. The molecule has 0 aliphatic heterocycles. The molecule has 0 amide bonds. The number of nitrogens with zero attached hydrogens (tertiary/aromatic N) is 5. The van der Waals surface area contributed by atoms with Gasteiger partial charge in [-0.1, -0.05) is 51.8 Å². The summed E-state index contributed by atoms with van der Waals surface area (Å²) < 4.78 is 6.79. The smallest absolute Gasteiger partial charge is 0.122 e. The van der Waals surface area contributed by atoms with Crippen LogP contribution in [0.3, 0.4) is 0 Å². The van der Waals surface area contributed by atoms with Crippen molar-refractivity contribution in [2.45, 2.75) is 33.9 Å². The molecule has 0 unspecified atom stereocenters. The van der Waals surface area contributed by atoms with Crippen molar-refractivity contribution < 1.29 is 4.63 Å². The van der Waals surface area contributed by atoms with E-state index < -0.39 is 0 Å². The largest absolute Gasteiger partial charge is 0.296 e. The molecule has 0 atom stereocenters. The van der Waals surface area contributed by atoms with Gasteiger partial charge in [0, 0.05) is 30.4 Å². The molecule has 148 valence electrons. The molecule has 6 nitrogen and oxygen atoms in total. The zero-order valence-electron chi connectivity index (χ0n) is 17.3. The van der Waals surface area contributed by atoms with Gasteiger partial charge >= 0.3 is 0 Å². The molecule has 0 N–H and O–H groups in total. The molecule has 29 heavy (non-hydrogen) atoms. The predicted octanol–water partition coefficient (Wildman–Crippen LogP) is 4.48. The first kappa shape index (κ1) is 19.1. The highest BCUT2D eigenvalue weighted by Crippen LogP contribution is 2.26. The van der Waals surface area contributed by atoms with E-state index in [-0.39, 0.29) is 0 Å². The van der Waals surface area contributed by atoms with E-state index in [0.717, 1.165) is 40.4 Å². The van der Waals surface area contributed by atoms with Crippen LogP contribution in [0.5, 0.6) is 0 Å². The second kappa shape index (κ2) is 8.01. The Morgan fingerprint density at radius 1 is 0.931 bits per heavy atom. The monoisotopic (exact) mass is 387 g/mol. The first-order valence-electron chi connectivity index (χ1n) is 9.69. The summed E-state index contributed by atoms with van der Waals surface area (Å²) in [6, 6.07) is 16.9. The van der Waals surface area contributed by atoms with Crippen LogP contribution in [0.25, 0.3) is 16.9 Å². The van der Waals surface area contributed by atoms with Gasteiger partial charge in [-0.25, -0.2) is 9.31 Å². The van der Waals surface area contributed by atoms with Gasteiger partial charge in [-0.3, -0.25) is 4.90 Å². The zero-order chi connectivity index (χ0) is 20.4. The standard InChI is InChI=1S/C23H25N5O/c1-16-8-10-21(11-9-16)28-14-20(13-27(4)15-22-18(3)25-29-26-22)23(24-28)19-7-5-6-17(2)12-19/h5-12,14H,13,15H2,1-4H3. The minimum atomic E-state index is 0.665. The fraction of sp³-hybridized carbons (Fsp3) is 0.261. The molecule has 4 rings (SSSR count). The lowest BCUT2D eigenvalue weighted by molar-refractivity contribution is 0.279. The fourth-order valence-electron chi connectivity index (χ4n) is 3.39. The van der Waals surface area contributed by atoms with E-state index in [4.69, 9.17) is 9.73 Å². The van der Waals surface area contributed by atoms with E-state index in [0.29, 0.717) is 6.54 Å². The molecule has 0 saturated heterocycles. The van der Waals surface area contributed by atoms with Crippen molar-refractivity contribution in [2.24, 2.45) is 0 Å². The molecule has 4 aromatic rings. The summed E-state index contributed by atoms with van der Waals surface area (Å²) in [5, 5.41) is 12.8. The lowest BCUT2D eigenvalue weighted by Gasteiger charge is -2.15. The number of rotatable bonds is 6. The van der Waals surface area contributed by atoms with Crippen LogP contribution in [-0.2, 0) is 13.1 Å². The molecule has 6 heteroatoms. The number of hydrogen-bond acceptors (Lipinski definition) is 5. The Morgan fingerprint density at radius 3 is 2.41 bits per heavy atom. The van der Waals surface area contributed by atoms with E-state index >= 15 is 0 Å². The lowest BCUT2D eigenvalue weighted by Crippen LogP contribution is -2.18. The Morgan fingerprint density at radius 2 is 1.72 bits per heavy atom. The third-order valence-electron chi connectivity index (χ3n) is 4.99. The van der Waals surface area contributed by atoms with Gasteiger partial charge in [-0.05, 0) is 46.0 Å². The Labute approximate surface area is 170 Å². The van der Waals surface area contributed by atoms with Gasteiger partial charge in [0.2, 0.25) is 0 Å². The van der Waals surface area contributed by atoms with E-state index in [1.807, 2.05) is 11.6 Å². The first-order valence-corrected chi connectivity index (χ1v) is 9.69. The maximum atomic E-state index is 4.93. The highest BCUT2D eigenvalue weighted by Gasteiger charge is 2.16. The Balaban J connectivity index is 1.68. The van der Waals surface area contributed by atoms with Crippen molar-refractivity contribution in [3.8, 4) is 16.9 Å². The lowest BCUT2D eigenvalue weighted by atomic mass is 10.1. The normalized spacial score (nSPS) is 11.3. The topological polar surface area (TPSA) is 60.0 Å². The van der Waals surface area contributed by atoms with Crippen molar-refractivity contribution in [1.82, 2.24) is 25.0 Å². The molecule has 0 spiro atoms. The predicted molar refractivity (Wildman–Crippen MR) is 113 cm³/mol. The van der Waals surface area contributed by atoms with Crippen LogP contribution in [-0.4, -0.2) is 32.0 Å². The van der Waals surface area contributed by atoms with Gasteiger partial charge in [0.1, 0.15) is 11.4 Å².